The summed E-state index contributed by atoms with van der Waals surface area (Å²) in [5.74, 6) is -0.509. The van der Waals surface area contributed by atoms with E-state index >= 15 is 0 Å². The number of carbonyl (C=O) groups is 1. The van der Waals surface area contributed by atoms with E-state index in [1.54, 1.807) is 0 Å². The van der Waals surface area contributed by atoms with Crippen molar-refractivity contribution in [3.05, 3.63) is 28.0 Å². The number of esters is 1. The number of hydrogen-bond donors (Lipinski definition) is 0. The van der Waals surface area contributed by atoms with Crippen molar-refractivity contribution >= 4 is 21.9 Å². The molecule has 3 nitrogen and oxygen atoms in total. The summed E-state index contributed by atoms with van der Waals surface area (Å²) in [6.07, 6.45) is -1.46. The van der Waals surface area contributed by atoms with E-state index in [0.29, 0.717) is 0 Å². The first-order chi connectivity index (χ1) is 7.04. The highest BCUT2D eigenvalue weighted by molar-refractivity contribution is 9.10. The third-order valence-corrected chi connectivity index (χ3v) is 2.39. The molecule has 0 aliphatic carbocycles. The van der Waals surface area contributed by atoms with Crippen LogP contribution in [0.4, 0.5) is 8.78 Å². The van der Waals surface area contributed by atoms with Crippen molar-refractivity contribution in [3.63, 3.8) is 0 Å². The molecule has 0 N–H and O–H groups in total. The van der Waals surface area contributed by atoms with Gasteiger partial charge in [0.15, 0.2) is 0 Å². The molecule has 0 aromatic carbocycles. The maximum absolute atomic E-state index is 12.5. The summed E-state index contributed by atoms with van der Waals surface area (Å²) in [4.78, 5) is 14.7. The van der Waals surface area contributed by atoms with Gasteiger partial charge in [-0.1, -0.05) is 0 Å². The Balaban J connectivity index is 2.92. The topological polar surface area (TPSA) is 39.2 Å². The average Bonchev–Trinajstić information content (AvgIpc) is 2.20. The minimum absolute atomic E-state index is 0.108. The van der Waals surface area contributed by atoms with Crippen LogP contribution in [0.2, 0.25) is 0 Å². The molecule has 0 saturated heterocycles. The molecular formula is C9H8BrF2NO2. The summed E-state index contributed by atoms with van der Waals surface area (Å²) < 4.78 is 29.5. The molecule has 15 heavy (non-hydrogen) atoms. The zero-order valence-electron chi connectivity index (χ0n) is 7.84. The maximum Gasteiger partial charge on any atom is 0.311 e. The fraction of sp³-hybridized carbons (Fsp3) is 0.333. The summed E-state index contributed by atoms with van der Waals surface area (Å²) >= 11 is 2.96. The lowest BCUT2D eigenvalue weighted by Gasteiger charge is -2.05. The number of halogens is 3. The molecule has 0 atom stereocenters. The number of rotatable bonds is 3. The van der Waals surface area contributed by atoms with Crippen LogP contribution in [0.3, 0.4) is 0 Å². The van der Waals surface area contributed by atoms with Crippen LogP contribution in [0.15, 0.2) is 16.7 Å². The average molecular weight is 280 g/mol. The van der Waals surface area contributed by atoms with Crippen LogP contribution in [-0.2, 0) is 16.0 Å². The van der Waals surface area contributed by atoms with Gasteiger partial charge in [0.1, 0.15) is 0 Å². The summed E-state index contributed by atoms with van der Waals surface area (Å²) in [5, 5.41) is 0. The van der Waals surface area contributed by atoms with Gasteiger partial charge in [0.2, 0.25) is 0 Å². The monoisotopic (exact) mass is 279 g/mol. The van der Waals surface area contributed by atoms with Gasteiger partial charge < -0.3 is 4.74 Å². The number of nitrogens with zero attached hydrogens (tertiary/aromatic N) is 1. The molecule has 1 aromatic heterocycles. The van der Waals surface area contributed by atoms with Crippen LogP contribution in [0.1, 0.15) is 17.7 Å². The van der Waals surface area contributed by atoms with Gasteiger partial charge in [0.05, 0.1) is 19.2 Å². The fourth-order valence-corrected chi connectivity index (χ4v) is 1.37. The highest BCUT2D eigenvalue weighted by Crippen LogP contribution is 2.27. The Bertz CT molecular complexity index is 371. The van der Waals surface area contributed by atoms with Crippen LogP contribution >= 0.6 is 15.9 Å². The number of pyridine rings is 1. The molecule has 0 fully saturated rings. The molecule has 6 heteroatoms. The highest BCUT2D eigenvalue weighted by Gasteiger charge is 2.14. The molecule has 82 valence electrons. The number of ether oxygens (including phenoxy) is 1. The molecule has 0 bridgehead atoms. The Hall–Kier alpha value is -1.04. The highest BCUT2D eigenvalue weighted by atomic mass is 79.9. The SMILES string of the molecule is COC(=O)Cc1cc(C(F)F)c(Br)cn1. The quantitative estimate of drug-likeness (QED) is 0.798. The molecule has 1 aromatic rings. The number of methoxy groups -OCH3 is 1. The second-order valence-electron chi connectivity index (χ2n) is 2.75. The zero-order valence-corrected chi connectivity index (χ0v) is 9.42. The zero-order chi connectivity index (χ0) is 11.4. The smallest absolute Gasteiger partial charge is 0.311 e. The van der Waals surface area contributed by atoms with Gasteiger partial charge in [-0.3, -0.25) is 9.78 Å². The predicted molar refractivity (Wildman–Crippen MR) is 52.6 cm³/mol. The summed E-state index contributed by atoms with van der Waals surface area (Å²) in [7, 11) is 1.23. The van der Waals surface area contributed by atoms with E-state index in [-0.39, 0.29) is 22.2 Å². The van der Waals surface area contributed by atoms with E-state index in [9.17, 15) is 13.6 Å². The summed E-state index contributed by atoms with van der Waals surface area (Å²) in [5.41, 5.74) is 0.0873. The van der Waals surface area contributed by atoms with Crippen LogP contribution in [0.25, 0.3) is 0 Å². The number of aromatic nitrogens is 1. The van der Waals surface area contributed by atoms with Crippen molar-refractivity contribution in [1.82, 2.24) is 4.98 Å². The third-order valence-electron chi connectivity index (χ3n) is 1.73. The summed E-state index contributed by atoms with van der Waals surface area (Å²) in [6.45, 7) is 0. The first-order valence-corrected chi connectivity index (χ1v) is 4.83. The molecule has 0 radical (unpaired) electrons. The maximum atomic E-state index is 12.5. The first kappa shape index (κ1) is 12.0. The van der Waals surface area contributed by atoms with Crippen molar-refractivity contribution in [1.29, 1.82) is 0 Å². The van der Waals surface area contributed by atoms with E-state index in [1.807, 2.05) is 0 Å². The Morgan fingerprint density at radius 3 is 2.87 bits per heavy atom. The van der Waals surface area contributed by atoms with Crippen molar-refractivity contribution in [3.8, 4) is 0 Å². The standard InChI is InChI=1S/C9H8BrF2NO2/c1-15-8(14)3-5-2-6(9(11)12)7(10)4-13-5/h2,4,9H,3H2,1H3. The molecule has 0 aliphatic heterocycles. The van der Waals surface area contributed by atoms with E-state index in [0.717, 1.165) is 0 Å². The molecule has 0 saturated carbocycles. The van der Waals surface area contributed by atoms with Gasteiger partial charge in [-0.05, 0) is 22.0 Å². The lowest BCUT2D eigenvalue weighted by Crippen LogP contribution is -2.06. The summed E-state index contributed by atoms with van der Waals surface area (Å²) in [6, 6.07) is 1.19. The number of alkyl halides is 2. The number of hydrogen-bond acceptors (Lipinski definition) is 3. The minimum atomic E-state index is -2.60. The Morgan fingerprint density at radius 1 is 1.67 bits per heavy atom. The third kappa shape index (κ3) is 3.23. The van der Waals surface area contributed by atoms with Crippen molar-refractivity contribution in [2.24, 2.45) is 0 Å². The van der Waals surface area contributed by atoms with E-state index in [2.05, 4.69) is 25.7 Å². The lowest BCUT2D eigenvalue weighted by molar-refractivity contribution is -0.139. The molecule has 0 amide bonds. The van der Waals surface area contributed by atoms with Crippen molar-refractivity contribution in [2.45, 2.75) is 12.8 Å². The Kier molecular flexibility index (Phi) is 4.14. The fourth-order valence-electron chi connectivity index (χ4n) is 0.984. The van der Waals surface area contributed by atoms with Gasteiger partial charge in [-0.2, -0.15) is 0 Å². The predicted octanol–water partition coefficient (Wildman–Crippen LogP) is 2.50. The largest absolute Gasteiger partial charge is 0.469 e. The Morgan fingerprint density at radius 2 is 2.33 bits per heavy atom. The second-order valence-corrected chi connectivity index (χ2v) is 3.61. The van der Waals surface area contributed by atoms with Crippen LogP contribution in [-0.4, -0.2) is 18.1 Å². The van der Waals surface area contributed by atoms with Crippen LogP contribution in [0, 0.1) is 0 Å². The normalized spacial score (nSPS) is 10.5. The van der Waals surface area contributed by atoms with E-state index in [1.165, 1.54) is 19.4 Å². The molecule has 0 unspecified atom stereocenters. The lowest BCUT2D eigenvalue weighted by atomic mass is 10.2. The Labute approximate surface area is 93.6 Å². The molecular weight excluding hydrogens is 272 g/mol. The van der Waals surface area contributed by atoms with E-state index in [4.69, 9.17) is 0 Å². The van der Waals surface area contributed by atoms with E-state index < -0.39 is 12.4 Å². The van der Waals surface area contributed by atoms with Gasteiger partial charge in [0, 0.05) is 16.2 Å². The molecule has 1 rings (SSSR count). The van der Waals surface area contributed by atoms with Gasteiger partial charge in [0.25, 0.3) is 6.43 Å². The van der Waals surface area contributed by atoms with Crippen molar-refractivity contribution in [2.75, 3.05) is 7.11 Å². The van der Waals surface area contributed by atoms with Gasteiger partial charge in [-0.25, -0.2) is 8.78 Å². The van der Waals surface area contributed by atoms with Crippen LogP contribution in [0.5, 0.6) is 0 Å². The molecule has 1 heterocycles. The molecule has 0 spiro atoms. The van der Waals surface area contributed by atoms with Crippen molar-refractivity contribution < 1.29 is 18.3 Å². The molecule has 0 aliphatic rings. The van der Waals surface area contributed by atoms with Crippen LogP contribution < -0.4 is 0 Å². The van der Waals surface area contributed by atoms with Gasteiger partial charge >= 0.3 is 5.97 Å². The second kappa shape index (κ2) is 5.16. The minimum Gasteiger partial charge on any atom is -0.469 e. The number of carbonyl (C=O) groups excluding carboxylic acids is 1. The first-order valence-electron chi connectivity index (χ1n) is 4.04. The van der Waals surface area contributed by atoms with Gasteiger partial charge in [-0.15, -0.1) is 0 Å².